The molecule has 1 fully saturated rings. The number of hydrogen-bond donors (Lipinski definition) is 2. The van der Waals surface area contributed by atoms with Crippen molar-refractivity contribution in [2.45, 2.75) is 6.42 Å². The van der Waals surface area contributed by atoms with E-state index in [2.05, 4.69) is 15.2 Å². The van der Waals surface area contributed by atoms with Crippen LogP contribution in [0.25, 0.3) is 10.9 Å². The van der Waals surface area contributed by atoms with Gasteiger partial charge in [0.05, 0.1) is 25.1 Å². The van der Waals surface area contributed by atoms with Crippen LogP contribution < -0.4 is 10.1 Å². The van der Waals surface area contributed by atoms with E-state index < -0.39 is 0 Å². The highest BCUT2D eigenvalue weighted by Crippen LogP contribution is 2.27. The molecule has 162 valence electrons. The van der Waals surface area contributed by atoms with Gasteiger partial charge in [-0.2, -0.15) is 0 Å². The van der Waals surface area contributed by atoms with Crippen LogP contribution in [0.2, 0.25) is 5.02 Å². The molecule has 0 saturated carbocycles. The van der Waals surface area contributed by atoms with E-state index >= 15 is 0 Å². The highest BCUT2D eigenvalue weighted by Gasteiger charge is 2.23. The fraction of sp³-hybridized carbons (Fsp3) is 0.304. The standard InChI is InChI=1S/C23H25ClN4O3/c1-31-21-7-6-17(13-19(21)24)26-22(29)15-27-8-10-28(11-9-27)23(30)12-16-14-25-20-5-3-2-4-18(16)20/h2-7,13-14,25H,8-12,15H2,1H3,(H,26,29). The van der Waals surface area contributed by atoms with Gasteiger partial charge >= 0.3 is 0 Å². The van der Waals surface area contributed by atoms with Crippen LogP contribution in [0.4, 0.5) is 5.69 Å². The molecule has 0 unspecified atom stereocenters. The minimum Gasteiger partial charge on any atom is -0.495 e. The van der Waals surface area contributed by atoms with Crippen LogP contribution in [-0.4, -0.2) is 66.4 Å². The zero-order valence-corrected chi connectivity index (χ0v) is 18.1. The first kappa shape index (κ1) is 21.2. The van der Waals surface area contributed by atoms with Crippen molar-refractivity contribution in [2.24, 2.45) is 0 Å². The van der Waals surface area contributed by atoms with Crippen LogP contribution in [0.1, 0.15) is 5.56 Å². The number of amides is 2. The van der Waals surface area contributed by atoms with Crippen LogP contribution >= 0.6 is 11.6 Å². The minimum atomic E-state index is -0.111. The summed E-state index contributed by atoms with van der Waals surface area (Å²) in [4.78, 5) is 32.3. The molecule has 0 atom stereocenters. The first-order chi connectivity index (χ1) is 15.0. The van der Waals surface area contributed by atoms with E-state index in [1.54, 1.807) is 25.3 Å². The summed E-state index contributed by atoms with van der Waals surface area (Å²) < 4.78 is 5.12. The minimum absolute atomic E-state index is 0.111. The summed E-state index contributed by atoms with van der Waals surface area (Å²) in [6.07, 6.45) is 2.29. The lowest BCUT2D eigenvalue weighted by molar-refractivity contribution is -0.132. The molecule has 2 aromatic carbocycles. The average Bonchev–Trinajstić information content (AvgIpc) is 3.17. The van der Waals surface area contributed by atoms with Crippen molar-refractivity contribution in [3.05, 3.63) is 59.2 Å². The number of rotatable bonds is 6. The second-order valence-electron chi connectivity index (χ2n) is 7.59. The number of piperazine rings is 1. The highest BCUT2D eigenvalue weighted by molar-refractivity contribution is 6.32. The van der Waals surface area contributed by atoms with Crippen LogP contribution in [0.15, 0.2) is 48.7 Å². The summed E-state index contributed by atoms with van der Waals surface area (Å²) in [6.45, 7) is 2.83. The number of aromatic nitrogens is 1. The largest absolute Gasteiger partial charge is 0.495 e. The monoisotopic (exact) mass is 440 g/mol. The molecule has 2 N–H and O–H groups in total. The molecule has 2 amide bonds. The van der Waals surface area contributed by atoms with E-state index in [9.17, 15) is 9.59 Å². The Bertz CT molecular complexity index is 1090. The summed E-state index contributed by atoms with van der Waals surface area (Å²) in [5.41, 5.74) is 2.68. The number of nitrogens with zero attached hydrogens (tertiary/aromatic N) is 2. The fourth-order valence-electron chi connectivity index (χ4n) is 3.86. The highest BCUT2D eigenvalue weighted by atomic mass is 35.5. The topological polar surface area (TPSA) is 77.7 Å². The Hall–Kier alpha value is -3.03. The third-order valence-electron chi connectivity index (χ3n) is 5.54. The number of ether oxygens (including phenoxy) is 1. The molecule has 31 heavy (non-hydrogen) atoms. The molecule has 4 rings (SSSR count). The van der Waals surface area contributed by atoms with Crippen LogP contribution in [-0.2, 0) is 16.0 Å². The van der Waals surface area contributed by atoms with Crippen molar-refractivity contribution in [3.8, 4) is 5.75 Å². The van der Waals surface area contributed by atoms with Gasteiger partial charge in [-0.15, -0.1) is 0 Å². The summed E-state index contributed by atoms with van der Waals surface area (Å²) in [6, 6.07) is 13.1. The van der Waals surface area contributed by atoms with Gasteiger partial charge in [0.15, 0.2) is 0 Å². The second-order valence-corrected chi connectivity index (χ2v) is 8.00. The van der Waals surface area contributed by atoms with Crippen LogP contribution in [0.3, 0.4) is 0 Å². The van der Waals surface area contributed by atoms with Crippen molar-refractivity contribution in [3.63, 3.8) is 0 Å². The molecular weight excluding hydrogens is 416 g/mol. The SMILES string of the molecule is COc1ccc(NC(=O)CN2CCN(C(=O)Cc3c[nH]c4ccccc34)CC2)cc1Cl. The molecule has 1 aliphatic heterocycles. The number of anilines is 1. The molecule has 0 spiro atoms. The van der Waals surface area contributed by atoms with Crippen molar-refractivity contribution in [2.75, 3.05) is 45.2 Å². The van der Waals surface area contributed by atoms with Crippen molar-refractivity contribution >= 4 is 40.0 Å². The first-order valence-electron chi connectivity index (χ1n) is 10.2. The van der Waals surface area contributed by atoms with E-state index in [-0.39, 0.29) is 18.4 Å². The number of carbonyl (C=O) groups is 2. The Balaban J connectivity index is 1.26. The Kier molecular flexibility index (Phi) is 6.44. The van der Waals surface area contributed by atoms with Gasteiger partial charge in [0.1, 0.15) is 5.75 Å². The zero-order valence-electron chi connectivity index (χ0n) is 17.4. The lowest BCUT2D eigenvalue weighted by Gasteiger charge is -2.34. The smallest absolute Gasteiger partial charge is 0.238 e. The van der Waals surface area contributed by atoms with Gasteiger partial charge in [0, 0.05) is 49.0 Å². The van der Waals surface area contributed by atoms with Crippen LogP contribution in [0, 0.1) is 0 Å². The van der Waals surface area contributed by atoms with Gasteiger partial charge in [0.25, 0.3) is 0 Å². The van der Waals surface area contributed by atoms with Gasteiger partial charge < -0.3 is 19.9 Å². The maximum Gasteiger partial charge on any atom is 0.238 e. The molecule has 1 saturated heterocycles. The molecular formula is C23H25ClN4O3. The number of H-pyrrole nitrogens is 1. The van der Waals surface area contributed by atoms with Crippen molar-refractivity contribution in [1.82, 2.24) is 14.8 Å². The molecule has 1 aromatic heterocycles. The molecule has 0 radical (unpaired) electrons. The Morgan fingerprint density at radius 3 is 2.65 bits per heavy atom. The predicted molar refractivity (Wildman–Crippen MR) is 122 cm³/mol. The van der Waals surface area contributed by atoms with Crippen LogP contribution in [0.5, 0.6) is 5.75 Å². The predicted octanol–water partition coefficient (Wildman–Crippen LogP) is 3.16. The van der Waals surface area contributed by atoms with E-state index in [0.717, 1.165) is 16.5 Å². The van der Waals surface area contributed by atoms with Crippen molar-refractivity contribution < 1.29 is 14.3 Å². The van der Waals surface area contributed by atoms with Gasteiger partial charge in [0.2, 0.25) is 11.8 Å². The summed E-state index contributed by atoms with van der Waals surface area (Å²) in [5, 5.41) is 4.39. The molecule has 2 heterocycles. The Morgan fingerprint density at radius 2 is 1.90 bits per heavy atom. The summed E-state index contributed by atoms with van der Waals surface area (Å²) in [7, 11) is 1.55. The summed E-state index contributed by atoms with van der Waals surface area (Å²) in [5.74, 6) is 0.564. The number of nitrogens with one attached hydrogen (secondary N) is 2. The number of carbonyl (C=O) groups excluding carboxylic acids is 2. The quantitative estimate of drug-likeness (QED) is 0.617. The van der Waals surface area contributed by atoms with Gasteiger partial charge in [-0.25, -0.2) is 0 Å². The third-order valence-corrected chi connectivity index (χ3v) is 5.84. The van der Waals surface area contributed by atoms with Gasteiger partial charge in [-0.1, -0.05) is 29.8 Å². The molecule has 8 heteroatoms. The number of fused-ring (bicyclic) bond motifs is 1. The molecule has 1 aliphatic rings. The molecule has 3 aromatic rings. The maximum atomic E-state index is 12.8. The normalized spacial score (nSPS) is 14.6. The van der Waals surface area contributed by atoms with E-state index in [1.807, 2.05) is 35.4 Å². The summed E-state index contributed by atoms with van der Waals surface area (Å²) >= 11 is 6.11. The van der Waals surface area contributed by atoms with Crippen molar-refractivity contribution in [1.29, 1.82) is 0 Å². The maximum absolute atomic E-state index is 12.8. The van der Waals surface area contributed by atoms with Gasteiger partial charge in [-0.3, -0.25) is 14.5 Å². The lowest BCUT2D eigenvalue weighted by atomic mass is 10.1. The van der Waals surface area contributed by atoms with E-state index in [0.29, 0.717) is 49.1 Å². The number of methoxy groups -OCH3 is 1. The number of halogens is 1. The fourth-order valence-corrected chi connectivity index (χ4v) is 4.11. The average molecular weight is 441 g/mol. The van der Waals surface area contributed by atoms with E-state index in [4.69, 9.17) is 16.3 Å². The number of benzene rings is 2. The first-order valence-corrected chi connectivity index (χ1v) is 10.6. The lowest BCUT2D eigenvalue weighted by Crippen LogP contribution is -2.50. The number of hydrogen-bond acceptors (Lipinski definition) is 4. The molecule has 0 aliphatic carbocycles. The third kappa shape index (κ3) is 5.00. The number of aromatic amines is 1. The molecule has 7 nitrogen and oxygen atoms in total. The second kappa shape index (κ2) is 9.41. The zero-order chi connectivity index (χ0) is 21.8. The van der Waals surface area contributed by atoms with E-state index in [1.165, 1.54) is 0 Å². The molecule has 0 bridgehead atoms. The van der Waals surface area contributed by atoms with Gasteiger partial charge in [-0.05, 0) is 29.8 Å². The Morgan fingerprint density at radius 1 is 1.13 bits per heavy atom. The number of para-hydroxylation sites is 1. The Labute approximate surface area is 185 Å².